The topological polar surface area (TPSA) is 64.8 Å². The van der Waals surface area contributed by atoms with E-state index in [2.05, 4.69) is 22.0 Å². The Bertz CT molecular complexity index is 966. The van der Waals surface area contributed by atoms with E-state index in [0.29, 0.717) is 18.9 Å². The summed E-state index contributed by atoms with van der Waals surface area (Å²) in [4.78, 5) is 19.7. The first-order chi connectivity index (χ1) is 14.6. The zero-order chi connectivity index (χ0) is 20.9. The van der Waals surface area contributed by atoms with Gasteiger partial charge in [0.2, 0.25) is 5.89 Å². The van der Waals surface area contributed by atoms with Crippen molar-refractivity contribution < 1.29 is 18.7 Å². The van der Waals surface area contributed by atoms with E-state index in [1.807, 2.05) is 36.6 Å². The second kappa shape index (κ2) is 9.45. The SMILES string of the molecule is COC(=O)C1CCCN1Cc1ccc(OCCc2nc(-c3cccs3)oc2C)cc1. The molecule has 1 aliphatic heterocycles. The van der Waals surface area contributed by atoms with Crippen molar-refractivity contribution in [2.75, 3.05) is 20.3 Å². The first kappa shape index (κ1) is 20.6. The number of carbonyl (C=O) groups excluding carboxylic acids is 1. The Labute approximate surface area is 180 Å². The summed E-state index contributed by atoms with van der Waals surface area (Å²) >= 11 is 1.62. The van der Waals surface area contributed by atoms with Crippen molar-refractivity contribution in [3.05, 3.63) is 58.8 Å². The van der Waals surface area contributed by atoms with E-state index in [4.69, 9.17) is 13.9 Å². The minimum absolute atomic E-state index is 0.129. The molecule has 0 bridgehead atoms. The number of likely N-dealkylation sites (tertiary alicyclic amines) is 1. The van der Waals surface area contributed by atoms with Gasteiger partial charge in [0.25, 0.3) is 0 Å². The molecule has 7 heteroatoms. The van der Waals surface area contributed by atoms with E-state index in [1.54, 1.807) is 11.3 Å². The van der Waals surface area contributed by atoms with E-state index < -0.39 is 0 Å². The number of thiophene rings is 1. The molecular weight excluding hydrogens is 400 g/mol. The van der Waals surface area contributed by atoms with E-state index in [9.17, 15) is 4.79 Å². The standard InChI is InChI=1S/C23H26N2O4S/c1-16-19(24-22(29-16)21-6-4-14-30-21)11-13-28-18-9-7-17(8-10-18)15-25-12-3-5-20(25)23(26)27-2/h4,6-10,14,20H,3,5,11-13,15H2,1-2H3. The van der Waals surface area contributed by atoms with Crippen LogP contribution >= 0.6 is 11.3 Å². The van der Waals surface area contributed by atoms with Crippen LogP contribution in [0.2, 0.25) is 0 Å². The van der Waals surface area contributed by atoms with Crippen molar-refractivity contribution in [2.45, 2.75) is 38.8 Å². The highest BCUT2D eigenvalue weighted by Crippen LogP contribution is 2.26. The number of hydrogen-bond acceptors (Lipinski definition) is 7. The number of benzene rings is 1. The third-order valence-electron chi connectivity index (χ3n) is 5.38. The van der Waals surface area contributed by atoms with Gasteiger partial charge >= 0.3 is 5.97 Å². The van der Waals surface area contributed by atoms with Crippen LogP contribution in [-0.4, -0.2) is 42.2 Å². The van der Waals surface area contributed by atoms with Crippen molar-refractivity contribution in [2.24, 2.45) is 0 Å². The first-order valence-corrected chi connectivity index (χ1v) is 11.1. The van der Waals surface area contributed by atoms with Gasteiger partial charge in [-0.25, -0.2) is 4.98 Å². The van der Waals surface area contributed by atoms with Crippen LogP contribution in [0.3, 0.4) is 0 Å². The van der Waals surface area contributed by atoms with E-state index in [-0.39, 0.29) is 12.0 Å². The minimum atomic E-state index is -0.141. The van der Waals surface area contributed by atoms with Crippen LogP contribution in [0.1, 0.15) is 29.9 Å². The fourth-order valence-corrected chi connectivity index (χ4v) is 4.42. The summed E-state index contributed by atoms with van der Waals surface area (Å²) in [6.45, 7) is 4.13. The lowest BCUT2D eigenvalue weighted by Gasteiger charge is -2.22. The van der Waals surface area contributed by atoms with Crippen molar-refractivity contribution in [1.29, 1.82) is 0 Å². The van der Waals surface area contributed by atoms with Crippen molar-refractivity contribution >= 4 is 17.3 Å². The summed E-state index contributed by atoms with van der Waals surface area (Å²) in [6.07, 6.45) is 2.58. The minimum Gasteiger partial charge on any atom is -0.493 e. The van der Waals surface area contributed by atoms with Gasteiger partial charge in [-0.05, 0) is 55.5 Å². The highest BCUT2D eigenvalue weighted by molar-refractivity contribution is 7.13. The van der Waals surface area contributed by atoms with Crippen LogP contribution in [0.4, 0.5) is 0 Å². The predicted octanol–water partition coefficient (Wildman–Crippen LogP) is 4.47. The molecule has 1 saturated heterocycles. The van der Waals surface area contributed by atoms with E-state index in [1.165, 1.54) is 7.11 Å². The van der Waals surface area contributed by atoms with Crippen molar-refractivity contribution in [3.8, 4) is 16.5 Å². The molecule has 3 heterocycles. The lowest BCUT2D eigenvalue weighted by atomic mass is 10.1. The second-order valence-electron chi connectivity index (χ2n) is 7.39. The number of aryl methyl sites for hydroxylation is 1. The molecule has 6 nitrogen and oxygen atoms in total. The first-order valence-electron chi connectivity index (χ1n) is 10.2. The Morgan fingerprint density at radius 2 is 2.13 bits per heavy atom. The smallest absolute Gasteiger partial charge is 0.323 e. The zero-order valence-electron chi connectivity index (χ0n) is 17.3. The average Bonchev–Trinajstić information content (AvgIpc) is 3.50. The molecule has 30 heavy (non-hydrogen) atoms. The van der Waals surface area contributed by atoms with E-state index >= 15 is 0 Å². The molecule has 0 N–H and O–H groups in total. The number of oxazole rings is 1. The molecule has 158 valence electrons. The second-order valence-corrected chi connectivity index (χ2v) is 8.34. The molecule has 1 aromatic carbocycles. The maximum atomic E-state index is 11.9. The summed E-state index contributed by atoms with van der Waals surface area (Å²) in [5.74, 6) is 2.19. The Kier molecular flexibility index (Phi) is 6.50. The van der Waals surface area contributed by atoms with Crippen LogP contribution in [0.5, 0.6) is 5.75 Å². The number of esters is 1. The van der Waals surface area contributed by atoms with E-state index in [0.717, 1.165) is 53.6 Å². The summed E-state index contributed by atoms with van der Waals surface area (Å²) in [6, 6.07) is 11.9. The Balaban J connectivity index is 1.29. The molecule has 4 rings (SSSR count). The summed E-state index contributed by atoms with van der Waals surface area (Å²) in [7, 11) is 1.45. The average molecular weight is 427 g/mol. The molecule has 0 aliphatic carbocycles. The van der Waals surface area contributed by atoms with Crippen molar-refractivity contribution in [3.63, 3.8) is 0 Å². The molecule has 3 aromatic rings. The molecular formula is C23H26N2O4S. The molecule has 0 spiro atoms. The predicted molar refractivity (Wildman–Crippen MR) is 116 cm³/mol. The third kappa shape index (κ3) is 4.74. The van der Waals surface area contributed by atoms with Crippen LogP contribution < -0.4 is 4.74 Å². The van der Waals surface area contributed by atoms with Gasteiger partial charge in [-0.3, -0.25) is 9.69 Å². The number of ether oxygens (including phenoxy) is 2. The third-order valence-corrected chi connectivity index (χ3v) is 6.24. The van der Waals surface area contributed by atoms with Crippen LogP contribution in [0.15, 0.2) is 46.2 Å². The summed E-state index contributed by atoms with van der Waals surface area (Å²) < 4.78 is 16.6. The molecule has 0 amide bonds. The van der Waals surface area contributed by atoms with Gasteiger partial charge in [-0.15, -0.1) is 11.3 Å². The fourth-order valence-electron chi connectivity index (χ4n) is 3.78. The Morgan fingerprint density at radius 1 is 1.30 bits per heavy atom. The van der Waals surface area contributed by atoms with Gasteiger partial charge in [-0.2, -0.15) is 0 Å². The fraction of sp³-hybridized carbons (Fsp3) is 0.391. The van der Waals surface area contributed by atoms with Gasteiger partial charge in [0.1, 0.15) is 17.6 Å². The molecule has 1 atom stereocenters. The molecule has 0 saturated carbocycles. The normalized spacial score (nSPS) is 16.7. The highest BCUT2D eigenvalue weighted by Gasteiger charge is 2.31. The Hall–Kier alpha value is -2.64. The lowest BCUT2D eigenvalue weighted by Crippen LogP contribution is -2.36. The zero-order valence-corrected chi connectivity index (χ0v) is 18.1. The number of carbonyl (C=O) groups is 1. The lowest BCUT2D eigenvalue weighted by molar-refractivity contribution is -0.146. The summed E-state index contributed by atoms with van der Waals surface area (Å²) in [5, 5.41) is 2.01. The van der Waals surface area contributed by atoms with Gasteiger partial charge in [-0.1, -0.05) is 18.2 Å². The number of hydrogen-bond donors (Lipinski definition) is 0. The largest absolute Gasteiger partial charge is 0.493 e. The summed E-state index contributed by atoms with van der Waals surface area (Å²) in [5.41, 5.74) is 2.09. The number of rotatable bonds is 8. The van der Waals surface area contributed by atoms with Crippen LogP contribution in [-0.2, 0) is 22.5 Å². The van der Waals surface area contributed by atoms with Crippen LogP contribution in [0, 0.1) is 6.92 Å². The van der Waals surface area contributed by atoms with Gasteiger partial charge < -0.3 is 13.9 Å². The number of aromatic nitrogens is 1. The quantitative estimate of drug-likeness (QED) is 0.495. The molecule has 1 unspecified atom stereocenters. The van der Waals surface area contributed by atoms with Crippen molar-refractivity contribution in [1.82, 2.24) is 9.88 Å². The molecule has 2 aromatic heterocycles. The van der Waals surface area contributed by atoms with Crippen LogP contribution in [0.25, 0.3) is 10.8 Å². The monoisotopic (exact) mass is 426 g/mol. The molecule has 0 radical (unpaired) electrons. The Morgan fingerprint density at radius 3 is 2.87 bits per heavy atom. The maximum Gasteiger partial charge on any atom is 0.323 e. The van der Waals surface area contributed by atoms with Gasteiger partial charge in [0, 0.05) is 13.0 Å². The number of nitrogens with zero attached hydrogens (tertiary/aromatic N) is 2. The molecule has 1 fully saturated rings. The maximum absolute atomic E-state index is 11.9. The molecule has 1 aliphatic rings. The van der Waals surface area contributed by atoms with Gasteiger partial charge in [0.15, 0.2) is 0 Å². The highest BCUT2D eigenvalue weighted by atomic mass is 32.1. The number of methoxy groups -OCH3 is 1. The van der Waals surface area contributed by atoms with Gasteiger partial charge in [0.05, 0.1) is 24.3 Å².